The molecule has 0 amide bonds. The van der Waals surface area contributed by atoms with Gasteiger partial charge in [-0.1, -0.05) is 0 Å². The molecule has 0 bridgehead atoms. The Balaban J connectivity index is 5.87. The molecule has 0 saturated heterocycles. The number of rotatable bonds is 12. The van der Waals surface area contributed by atoms with Gasteiger partial charge >= 0.3 is 0 Å². The molecule has 0 aromatic heterocycles. The number of aliphatic hydroxyl groups is 1. The average molecular weight is 469 g/mol. The average Bonchev–Trinajstić information content (AvgIpc) is 2.35. The van der Waals surface area contributed by atoms with Crippen LogP contribution < -0.4 is 0 Å². The molecule has 0 aliphatic rings. The van der Waals surface area contributed by atoms with Crippen LogP contribution in [-0.4, -0.2) is 69.3 Å². The highest BCUT2D eigenvalue weighted by molar-refractivity contribution is 6.71. The standard InChI is InChI=1S/C18H44O6Si4/c1-25(2,3)21-15(13-17(20)23-27(7,8)9)18(24-28(10,11)12)16(14-19)22-26(4,5)6/h15-16,18-19H,13-14H2,1-12H3/t15-,16-,18+/m1/s1. The zero-order valence-electron chi connectivity index (χ0n) is 20.1. The van der Waals surface area contributed by atoms with Crippen molar-refractivity contribution in [3.05, 3.63) is 0 Å². The maximum atomic E-state index is 12.6. The van der Waals surface area contributed by atoms with E-state index in [9.17, 15) is 9.90 Å². The van der Waals surface area contributed by atoms with E-state index >= 15 is 0 Å². The minimum absolute atomic E-state index is 0.106. The first-order chi connectivity index (χ1) is 12.2. The molecule has 0 heterocycles. The van der Waals surface area contributed by atoms with Crippen molar-refractivity contribution >= 4 is 39.2 Å². The zero-order chi connectivity index (χ0) is 22.6. The summed E-state index contributed by atoms with van der Waals surface area (Å²) in [5.74, 6) is -0.267. The van der Waals surface area contributed by atoms with E-state index in [2.05, 4.69) is 58.9 Å². The summed E-state index contributed by atoms with van der Waals surface area (Å²) < 4.78 is 24.8. The van der Waals surface area contributed by atoms with E-state index in [1.54, 1.807) is 0 Å². The van der Waals surface area contributed by atoms with Crippen molar-refractivity contribution in [3.8, 4) is 0 Å². The van der Waals surface area contributed by atoms with E-state index in [-0.39, 0.29) is 19.0 Å². The first-order valence-corrected chi connectivity index (χ1v) is 23.7. The molecule has 0 spiro atoms. The minimum Gasteiger partial charge on any atom is -0.520 e. The highest BCUT2D eigenvalue weighted by atomic mass is 28.4. The first kappa shape index (κ1) is 28.2. The summed E-state index contributed by atoms with van der Waals surface area (Å²) in [5, 5.41) is 10.1. The number of hydrogen-bond donors (Lipinski definition) is 1. The Kier molecular flexibility index (Phi) is 10.5. The number of carbonyl (C=O) groups is 1. The van der Waals surface area contributed by atoms with Crippen LogP contribution in [0.25, 0.3) is 0 Å². The van der Waals surface area contributed by atoms with E-state index in [0.29, 0.717) is 0 Å². The molecule has 0 aliphatic heterocycles. The fourth-order valence-electron chi connectivity index (χ4n) is 2.69. The van der Waals surface area contributed by atoms with E-state index in [0.717, 1.165) is 0 Å². The number of aliphatic hydroxyl groups excluding tert-OH is 1. The summed E-state index contributed by atoms with van der Waals surface area (Å²) in [5.41, 5.74) is 0. The smallest absolute Gasteiger partial charge is 0.295 e. The molecular weight excluding hydrogens is 425 g/mol. The molecule has 0 fully saturated rings. The van der Waals surface area contributed by atoms with Gasteiger partial charge in [0.25, 0.3) is 5.97 Å². The maximum Gasteiger partial charge on any atom is 0.295 e. The fourth-order valence-corrected chi connectivity index (χ4v) is 6.82. The van der Waals surface area contributed by atoms with Gasteiger partial charge in [0.05, 0.1) is 31.3 Å². The minimum atomic E-state index is -2.00. The number of hydrogen-bond acceptors (Lipinski definition) is 6. The molecule has 3 atom stereocenters. The Morgan fingerprint density at radius 2 is 1.07 bits per heavy atom. The molecule has 0 aromatic carbocycles. The molecule has 28 heavy (non-hydrogen) atoms. The van der Waals surface area contributed by atoms with Crippen LogP contribution in [0, 0.1) is 0 Å². The summed E-state index contributed by atoms with van der Waals surface area (Å²) in [6.45, 7) is 24.6. The van der Waals surface area contributed by atoms with Crippen LogP contribution in [0.3, 0.4) is 0 Å². The largest absolute Gasteiger partial charge is 0.520 e. The van der Waals surface area contributed by atoms with Crippen LogP contribution in [0.5, 0.6) is 0 Å². The third-order valence-corrected chi connectivity index (χ3v) is 7.04. The second-order valence-corrected chi connectivity index (χ2v) is 29.0. The molecule has 168 valence electrons. The Morgan fingerprint density at radius 3 is 1.39 bits per heavy atom. The number of carbonyl (C=O) groups excluding carboxylic acids is 1. The van der Waals surface area contributed by atoms with Crippen LogP contribution in [-0.2, 0) is 22.5 Å². The topological polar surface area (TPSA) is 74.2 Å². The molecule has 0 rings (SSSR count). The third-order valence-electron chi connectivity index (χ3n) is 3.20. The van der Waals surface area contributed by atoms with E-state index in [1.807, 2.05) is 19.6 Å². The van der Waals surface area contributed by atoms with Crippen molar-refractivity contribution in [2.24, 2.45) is 0 Å². The monoisotopic (exact) mass is 468 g/mol. The molecule has 1 N–H and O–H groups in total. The van der Waals surface area contributed by atoms with E-state index < -0.39 is 51.6 Å². The van der Waals surface area contributed by atoms with Crippen LogP contribution in [0.2, 0.25) is 78.6 Å². The van der Waals surface area contributed by atoms with Crippen molar-refractivity contribution in [1.29, 1.82) is 0 Å². The Labute approximate surface area is 176 Å². The molecule has 0 aromatic rings. The van der Waals surface area contributed by atoms with Crippen molar-refractivity contribution in [2.45, 2.75) is 103 Å². The third kappa shape index (κ3) is 14.2. The molecular formula is C18H44O6Si4. The van der Waals surface area contributed by atoms with Crippen molar-refractivity contribution in [1.82, 2.24) is 0 Å². The molecule has 0 aliphatic carbocycles. The highest BCUT2D eigenvalue weighted by Gasteiger charge is 2.40. The molecule has 0 radical (unpaired) electrons. The van der Waals surface area contributed by atoms with Crippen molar-refractivity contribution in [3.63, 3.8) is 0 Å². The SMILES string of the molecule is C[Si](C)(C)OC(=O)C[C@@H](O[Si](C)(C)C)[C@H](O[Si](C)(C)C)[C@@H](CO)O[Si](C)(C)C. The van der Waals surface area contributed by atoms with Gasteiger partial charge in [-0.2, -0.15) is 0 Å². The molecule has 0 unspecified atom stereocenters. The van der Waals surface area contributed by atoms with Gasteiger partial charge in [-0.3, -0.25) is 4.79 Å². The van der Waals surface area contributed by atoms with Gasteiger partial charge in [0.1, 0.15) is 0 Å². The lowest BCUT2D eigenvalue weighted by Crippen LogP contribution is -2.54. The summed E-state index contributed by atoms with van der Waals surface area (Å²) >= 11 is 0. The van der Waals surface area contributed by atoms with Gasteiger partial charge in [-0.05, 0) is 78.6 Å². The van der Waals surface area contributed by atoms with Crippen molar-refractivity contribution < 1.29 is 27.6 Å². The lowest BCUT2D eigenvalue weighted by Gasteiger charge is -2.41. The molecule has 0 saturated carbocycles. The highest BCUT2D eigenvalue weighted by Crippen LogP contribution is 2.26. The Morgan fingerprint density at radius 1 is 0.679 bits per heavy atom. The zero-order valence-corrected chi connectivity index (χ0v) is 24.1. The van der Waals surface area contributed by atoms with Gasteiger partial charge < -0.3 is 22.8 Å². The second-order valence-electron chi connectivity index (χ2n) is 11.2. The predicted molar refractivity (Wildman–Crippen MR) is 126 cm³/mol. The Bertz CT molecular complexity index is 488. The molecule has 6 nitrogen and oxygen atoms in total. The van der Waals surface area contributed by atoms with E-state index in [1.165, 1.54) is 0 Å². The summed E-state index contributed by atoms with van der Waals surface area (Å²) in [4.78, 5) is 12.6. The van der Waals surface area contributed by atoms with Gasteiger partial charge in [-0.25, -0.2) is 0 Å². The van der Waals surface area contributed by atoms with Crippen molar-refractivity contribution in [2.75, 3.05) is 6.61 Å². The quantitative estimate of drug-likeness (QED) is 0.428. The van der Waals surface area contributed by atoms with Crippen LogP contribution in [0.1, 0.15) is 6.42 Å². The maximum absolute atomic E-state index is 12.6. The normalized spacial score (nSPS) is 17.2. The van der Waals surface area contributed by atoms with Gasteiger partial charge in [0, 0.05) is 0 Å². The van der Waals surface area contributed by atoms with Crippen LogP contribution >= 0.6 is 0 Å². The van der Waals surface area contributed by atoms with E-state index in [4.69, 9.17) is 17.7 Å². The van der Waals surface area contributed by atoms with Gasteiger partial charge in [0.15, 0.2) is 25.0 Å². The van der Waals surface area contributed by atoms with Gasteiger partial charge in [-0.15, -0.1) is 0 Å². The van der Waals surface area contributed by atoms with Crippen LogP contribution in [0.4, 0.5) is 0 Å². The lowest BCUT2D eigenvalue weighted by atomic mass is 10.1. The lowest BCUT2D eigenvalue weighted by molar-refractivity contribution is -0.140. The summed E-state index contributed by atoms with van der Waals surface area (Å²) in [6.07, 6.45) is -1.44. The second kappa shape index (κ2) is 10.5. The predicted octanol–water partition coefficient (Wildman–Crippen LogP) is 4.41. The summed E-state index contributed by atoms with van der Waals surface area (Å²) in [7, 11) is -7.92. The first-order valence-electron chi connectivity index (χ1n) is 10.1. The Hall–Kier alpha value is 0.178. The molecule has 10 heteroatoms. The summed E-state index contributed by atoms with van der Waals surface area (Å²) in [6, 6.07) is 0. The fraction of sp³-hybridized carbons (Fsp3) is 0.944. The van der Waals surface area contributed by atoms with Gasteiger partial charge in [0.2, 0.25) is 8.32 Å². The van der Waals surface area contributed by atoms with Crippen LogP contribution in [0.15, 0.2) is 0 Å².